The SMILES string of the molecule is CCCc1[nH]n(-c2ccc(F)cc2)c(=O)c1C=NC[C@H]1CCCO1. The predicted octanol–water partition coefficient (Wildman–Crippen LogP) is 2.86. The Balaban J connectivity index is 1.87. The molecule has 0 amide bonds. The quantitative estimate of drug-likeness (QED) is 0.828. The van der Waals surface area contributed by atoms with Gasteiger partial charge in [0.05, 0.1) is 23.9 Å². The van der Waals surface area contributed by atoms with Crippen LogP contribution in [0.1, 0.15) is 37.4 Å². The minimum atomic E-state index is -0.328. The van der Waals surface area contributed by atoms with Crippen molar-refractivity contribution in [1.82, 2.24) is 9.78 Å². The molecule has 6 heteroatoms. The first-order chi connectivity index (χ1) is 11.7. The number of aryl methyl sites for hydroxylation is 1. The van der Waals surface area contributed by atoms with E-state index < -0.39 is 0 Å². The van der Waals surface area contributed by atoms with Gasteiger partial charge >= 0.3 is 0 Å². The summed E-state index contributed by atoms with van der Waals surface area (Å²) in [5.74, 6) is -0.328. The molecule has 128 valence electrons. The number of aliphatic imine (C=N–C) groups is 1. The number of ether oxygens (including phenoxy) is 1. The highest BCUT2D eigenvalue weighted by Crippen LogP contribution is 2.13. The van der Waals surface area contributed by atoms with E-state index in [0.717, 1.165) is 38.0 Å². The summed E-state index contributed by atoms with van der Waals surface area (Å²) in [4.78, 5) is 17.1. The fraction of sp³-hybridized carbons (Fsp3) is 0.444. The van der Waals surface area contributed by atoms with E-state index in [2.05, 4.69) is 17.0 Å². The van der Waals surface area contributed by atoms with Gasteiger partial charge in [0.2, 0.25) is 0 Å². The van der Waals surface area contributed by atoms with Gasteiger partial charge in [-0.1, -0.05) is 13.3 Å². The molecule has 0 bridgehead atoms. The van der Waals surface area contributed by atoms with Crippen molar-refractivity contribution in [3.63, 3.8) is 0 Å². The number of hydrogen-bond donors (Lipinski definition) is 1. The Labute approximate surface area is 140 Å². The second-order valence-corrected chi connectivity index (χ2v) is 6.00. The maximum Gasteiger partial charge on any atom is 0.280 e. The van der Waals surface area contributed by atoms with Crippen LogP contribution in [-0.4, -0.2) is 35.3 Å². The zero-order valence-electron chi connectivity index (χ0n) is 13.8. The highest BCUT2D eigenvalue weighted by Gasteiger charge is 2.16. The Morgan fingerprint density at radius 1 is 1.42 bits per heavy atom. The normalized spacial score (nSPS) is 17.8. The molecule has 0 spiro atoms. The molecule has 0 unspecified atom stereocenters. The van der Waals surface area contributed by atoms with E-state index in [9.17, 15) is 9.18 Å². The van der Waals surface area contributed by atoms with Gasteiger partial charge in [0.1, 0.15) is 5.82 Å². The molecule has 1 saturated heterocycles. The summed E-state index contributed by atoms with van der Waals surface area (Å²) in [6, 6.07) is 5.84. The van der Waals surface area contributed by atoms with Gasteiger partial charge in [0, 0.05) is 18.5 Å². The van der Waals surface area contributed by atoms with Crippen LogP contribution in [0.3, 0.4) is 0 Å². The number of hydrogen-bond acceptors (Lipinski definition) is 3. The first kappa shape index (κ1) is 16.6. The van der Waals surface area contributed by atoms with Crippen molar-refractivity contribution in [1.29, 1.82) is 0 Å². The number of nitrogens with zero attached hydrogens (tertiary/aromatic N) is 2. The van der Waals surface area contributed by atoms with Crippen molar-refractivity contribution in [2.75, 3.05) is 13.2 Å². The van der Waals surface area contributed by atoms with E-state index in [1.807, 2.05) is 0 Å². The number of aromatic amines is 1. The zero-order chi connectivity index (χ0) is 16.9. The number of halogens is 1. The molecule has 0 aliphatic carbocycles. The smallest absolute Gasteiger partial charge is 0.280 e. The van der Waals surface area contributed by atoms with Gasteiger partial charge < -0.3 is 4.74 Å². The summed E-state index contributed by atoms with van der Waals surface area (Å²) in [6.45, 7) is 3.43. The molecule has 2 aromatic rings. The van der Waals surface area contributed by atoms with Crippen LogP contribution >= 0.6 is 0 Å². The molecule has 1 N–H and O–H groups in total. The zero-order valence-corrected chi connectivity index (χ0v) is 13.8. The molecule has 1 aromatic heterocycles. The lowest BCUT2D eigenvalue weighted by atomic mass is 10.2. The Hall–Kier alpha value is -2.21. The van der Waals surface area contributed by atoms with Crippen LogP contribution in [0.25, 0.3) is 5.69 Å². The highest BCUT2D eigenvalue weighted by molar-refractivity contribution is 5.80. The monoisotopic (exact) mass is 331 g/mol. The molecular weight excluding hydrogens is 309 g/mol. The number of rotatable bonds is 6. The van der Waals surface area contributed by atoms with Gasteiger partial charge in [-0.25, -0.2) is 9.07 Å². The second kappa shape index (κ2) is 7.57. The second-order valence-electron chi connectivity index (χ2n) is 6.00. The van der Waals surface area contributed by atoms with Gasteiger partial charge in [-0.05, 0) is 43.5 Å². The van der Waals surface area contributed by atoms with Gasteiger partial charge in [-0.2, -0.15) is 0 Å². The third-order valence-electron chi connectivity index (χ3n) is 4.14. The summed E-state index contributed by atoms with van der Waals surface area (Å²) >= 11 is 0. The van der Waals surface area contributed by atoms with E-state index in [1.54, 1.807) is 18.3 Å². The average Bonchev–Trinajstić information content (AvgIpc) is 3.19. The van der Waals surface area contributed by atoms with E-state index in [4.69, 9.17) is 4.74 Å². The van der Waals surface area contributed by atoms with E-state index >= 15 is 0 Å². The summed E-state index contributed by atoms with van der Waals surface area (Å²) in [6.07, 6.45) is 5.57. The summed E-state index contributed by atoms with van der Waals surface area (Å²) < 4.78 is 20.1. The number of aromatic nitrogens is 2. The standard InChI is InChI=1S/C18H22FN3O2/c1-2-4-17-16(12-20-11-15-5-3-10-24-15)18(23)22(21-17)14-8-6-13(19)7-9-14/h6-9,12,15,21H,2-5,10-11H2,1H3/t15-/m1/s1. The van der Waals surface area contributed by atoms with Crippen LogP contribution in [0, 0.1) is 5.82 Å². The van der Waals surface area contributed by atoms with Gasteiger partial charge in [-0.3, -0.25) is 14.9 Å². The molecule has 24 heavy (non-hydrogen) atoms. The average molecular weight is 331 g/mol. The lowest BCUT2D eigenvalue weighted by molar-refractivity contribution is 0.118. The minimum Gasteiger partial charge on any atom is -0.376 e. The topological polar surface area (TPSA) is 59.4 Å². The van der Waals surface area contributed by atoms with Gasteiger partial charge in [0.25, 0.3) is 5.56 Å². The van der Waals surface area contributed by atoms with E-state index in [0.29, 0.717) is 17.8 Å². The van der Waals surface area contributed by atoms with E-state index in [-0.39, 0.29) is 17.5 Å². The van der Waals surface area contributed by atoms with Crippen LogP contribution in [0.5, 0.6) is 0 Å². The molecule has 1 aliphatic rings. The third-order valence-corrected chi connectivity index (χ3v) is 4.14. The van der Waals surface area contributed by atoms with Crippen LogP contribution in [0.4, 0.5) is 4.39 Å². The minimum absolute atomic E-state index is 0.161. The number of nitrogens with one attached hydrogen (secondary N) is 1. The molecule has 1 fully saturated rings. The molecule has 1 atom stereocenters. The maximum absolute atomic E-state index is 13.1. The van der Waals surface area contributed by atoms with Gasteiger partial charge in [0.15, 0.2) is 0 Å². The van der Waals surface area contributed by atoms with Crippen molar-refractivity contribution >= 4 is 6.21 Å². The predicted molar refractivity (Wildman–Crippen MR) is 91.8 cm³/mol. The Bertz CT molecular complexity index is 756. The number of H-pyrrole nitrogens is 1. The molecule has 5 nitrogen and oxygen atoms in total. The molecule has 0 radical (unpaired) electrons. The Kier molecular flexibility index (Phi) is 5.25. The fourth-order valence-corrected chi connectivity index (χ4v) is 2.89. The number of benzene rings is 1. The van der Waals surface area contributed by atoms with Crippen molar-refractivity contribution in [2.24, 2.45) is 4.99 Å². The van der Waals surface area contributed by atoms with Crippen LogP contribution in [0.15, 0.2) is 34.1 Å². The largest absolute Gasteiger partial charge is 0.376 e. The first-order valence-electron chi connectivity index (χ1n) is 8.40. The van der Waals surface area contributed by atoms with Gasteiger partial charge in [-0.15, -0.1) is 0 Å². The molecule has 1 aromatic carbocycles. The Morgan fingerprint density at radius 2 is 2.21 bits per heavy atom. The van der Waals surface area contributed by atoms with Crippen LogP contribution in [0.2, 0.25) is 0 Å². The molecule has 2 heterocycles. The molecule has 1 aliphatic heterocycles. The van der Waals surface area contributed by atoms with Crippen molar-refractivity contribution < 1.29 is 9.13 Å². The molecule has 0 saturated carbocycles. The van der Waals surface area contributed by atoms with Crippen LogP contribution < -0.4 is 5.56 Å². The van der Waals surface area contributed by atoms with Crippen molar-refractivity contribution in [3.8, 4) is 5.69 Å². The van der Waals surface area contributed by atoms with Crippen molar-refractivity contribution in [2.45, 2.75) is 38.7 Å². The first-order valence-corrected chi connectivity index (χ1v) is 8.40. The lowest BCUT2D eigenvalue weighted by Crippen LogP contribution is -2.17. The lowest BCUT2D eigenvalue weighted by Gasteiger charge is -2.03. The summed E-state index contributed by atoms with van der Waals surface area (Å²) in [5.41, 5.74) is 1.86. The Morgan fingerprint density at radius 3 is 2.88 bits per heavy atom. The van der Waals surface area contributed by atoms with Crippen LogP contribution in [-0.2, 0) is 11.2 Å². The maximum atomic E-state index is 13.1. The van der Waals surface area contributed by atoms with E-state index in [1.165, 1.54) is 16.8 Å². The highest BCUT2D eigenvalue weighted by atomic mass is 19.1. The summed E-state index contributed by atoms with van der Waals surface area (Å²) in [7, 11) is 0. The molecule has 3 rings (SSSR count). The van der Waals surface area contributed by atoms with Crippen molar-refractivity contribution in [3.05, 3.63) is 51.7 Å². The molecular formula is C18H22FN3O2. The fourth-order valence-electron chi connectivity index (χ4n) is 2.89. The summed E-state index contributed by atoms with van der Waals surface area (Å²) in [5, 5.41) is 3.12. The third kappa shape index (κ3) is 3.64.